The molecule has 114 valence electrons. The smallest absolute Gasteiger partial charge is 0.224 e. The van der Waals surface area contributed by atoms with Gasteiger partial charge in [0.1, 0.15) is 0 Å². The van der Waals surface area contributed by atoms with Crippen molar-refractivity contribution in [3.05, 3.63) is 35.9 Å². The first kappa shape index (κ1) is 14.9. The summed E-state index contributed by atoms with van der Waals surface area (Å²) in [5.74, 6) is 3.21. The Labute approximate surface area is 131 Å². The number of thioether (sulfide) groups is 1. The zero-order chi connectivity index (χ0) is 14.5. The Morgan fingerprint density at radius 3 is 2.67 bits per heavy atom. The van der Waals surface area contributed by atoms with Crippen LogP contribution in [0.5, 0.6) is 0 Å². The van der Waals surface area contributed by atoms with Crippen molar-refractivity contribution in [2.24, 2.45) is 0 Å². The van der Waals surface area contributed by atoms with Crippen molar-refractivity contribution in [2.75, 3.05) is 31.1 Å². The second-order valence-electron chi connectivity index (χ2n) is 6.00. The van der Waals surface area contributed by atoms with E-state index < -0.39 is 0 Å². The second-order valence-corrected chi connectivity index (χ2v) is 7.15. The molecule has 0 spiro atoms. The van der Waals surface area contributed by atoms with E-state index in [2.05, 4.69) is 40.5 Å². The summed E-state index contributed by atoms with van der Waals surface area (Å²) < 4.78 is 0. The third-order valence-electron chi connectivity index (χ3n) is 4.54. The maximum absolute atomic E-state index is 12.4. The Bertz CT molecular complexity index is 451. The molecule has 1 unspecified atom stereocenters. The highest BCUT2D eigenvalue weighted by Crippen LogP contribution is 2.28. The van der Waals surface area contributed by atoms with Crippen LogP contribution in [0.15, 0.2) is 30.3 Å². The molecule has 3 nitrogen and oxygen atoms in total. The van der Waals surface area contributed by atoms with Crippen LogP contribution in [0.4, 0.5) is 0 Å². The Hall–Kier alpha value is -1.00. The van der Waals surface area contributed by atoms with Crippen molar-refractivity contribution in [2.45, 2.75) is 31.2 Å². The van der Waals surface area contributed by atoms with Gasteiger partial charge in [0.25, 0.3) is 0 Å². The Morgan fingerprint density at radius 1 is 1.24 bits per heavy atom. The molecular weight excluding hydrogens is 280 g/mol. The van der Waals surface area contributed by atoms with E-state index in [0.717, 1.165) is 38.2 Å². The molecule has 1 aromatic carbocycles. The van der Waals surface area contributed by atoms with Crippen molar-refractivity contribution in [3.8, 4) is 0 Å². The van der Waals surface area contributed by atoms with Crippen LogP contribution in [0.25, 0.3) is 0 Å². The Kier molecular flexibility index (Phi) is 5.20. The van der Waals surface area contributed by atoms with Gasteiger partial charge in [-0.15, -0.1) is 0 Å². The van der Waals surface area contributed by atoms with Crippen LogP contribution >= 0.6 is 11.8 Å². The lowest BCUT2D eigenvalue weighted by Crippen LogP contribution is -2.44. The van der Waals surface area contributed by atoms with Gasteiger partial charge in [0.15, 0.2) is 0 Å². The van der Waals surface area contributed by atoms with E-state index >= 15 is 0 Å². The normalized spacial score (nSPS) is 24.0. The molecular formula is C17H24N2OS. The van der Waals surface area contributed by atoms with Gasteiger partial charge in [-0.3, -0.25) is 4.79 Å². The van der Waals surface area contributed by atoms with Crippen molar-refractivity contribution in [3.63, 3.8) is 0 Å². The molecule has 0 aliphatic carbocycles. The Balaban J connectivity index is 1.47. The minimum absolute atomic E-state index is 0.335. The molecule has 2 saturated heterocycles. The minimum atomic E-state index is 0.335. The monoisotopic (exact) mass is 304 g/mol. The maximum Gasteiger partial charge on any atom is 0.224 e. The van der Waals surface area contributed by atoms with Gasteiger partial charge >= 0.3 is 0 Å². The van der Waals surface area contributed by atoms with Crippen molar-refractivity contribution >= 4 is 17.7 Å². The molecule has 2 heterocycles. The molecule has 4 heteroatoms. The summed E-state index contributed by atoms with van der Waals surface area (Å²) in [6.45, 7) is 2.87. The lowest BCUT2D eigenvalue weighted by atomic mass is 9.89. The number of nitrogens with one attached hydrogen (secondary N) is 1. The second kappa shape index (κ2) is 7.32. The van der Waals surface area contributed by atoms with Crippen molar-refractivity contribution in [1.29, 1.82) is 0 Å². The molecule has 0 radical (unpaired) electrons. The lowest BCUT2D eigenvalue weighted by Gasteiger charge is -2.33. The molecule has 1 aromatic rings. The molecule has 1 amide bonds. The highest BCUT2D eigenvalue weighted by atomic mass is 32.2. The summed E-state index contributed by atoms with van der Waals surface area (Å²) >= 11 is 1.96. The van der Waals surface area contributed by atoms with Crippen LogP contribution in [0.2, 0.25) is 0 Å². The predicted molar refractivity (Wildman–Crippen MR) is 88.7 cm³/mol. The van der Waals surface area contributed by atoms with Gasteiger partial charge < -0.3 is 10.2 Å². The molecule has 0 bridgehead atoms. The molecule has 0 aromatic heterocycles. The van der Waals surface area contributed by atoms with Gasteiger partial charge in [-0.1, -0.05) is 30.3 Å². The van der Waals surface area contributed by atoms with E-state index in [1.54, 1.807) is 0 Å². The fourth-order valence-corrected chi connectivity index (χ4v) is 4.23. The fraction of sp³-hybridized carbons (Fsp3) is 0.588. The Morgan fingerprint density at radius 2 is 2.00 bits per heavy atom. The first-order valence-electron chi connectivity index (χ1n) is 7.97. The number of piperidine rings is 1. The van der Waals surface area contributed by atoms with E-state index in [1.807, 2.05) is 11.8 Å². The van der Waals surface area contributed by atoms with E-state index in [4.69, 9.17) is 0 Å². The van der Waals surface area contributed by atoms with E-state index in [-0.39, 0.29) is 0 Å². The minimum Gasteiger partial charge on any atom is -0.343 e. The zero-order valence-electron chi connectivity index (χ0n) is 12.5. The summed E-state index contributed by atoms with van der Waals surface area (Å²) in [5.41, 5.74) is 1.43. The van der Waals surface area contributed by atoms with Crippen LogP contribution in [0.1, 0.15) is 30.7 Å². The molecule has 3 rings (SSSR count). The van der Waals surface area contributed by atoms with Gasteiger partial charge in [0.05, 0.1) is 0 Å². The van der Waals surface area contributed by atoms with E-state index in [0.29, 0.717) is 24.3 Å². The topological polar surface area (TPSA) is 32.3 Å². The number of nitrogens with zero attached hydrogens (tertiary/aromatic N) is 1. The zero-order valence-corrected chi connectivity index (χ0v) is 13.3. The fourth-order valence-electron chi connectivity index (χ4n) is 3.28. The average molecular weight is 304 g/mol. The first-order chi connectivity index (χ1) is 10.3. The molecule has 2 aliphatic heterocycles. The number of hydrogen-bond acceptors (Lipinski definition) is 3. The van der Waals surface area contributed by atoms with Gasteiger partial charge in [-0.2, -0.15) is 11.8 Å². The number of carbonyl (C=O) groups is 1. The molecule has 1 atom stereocenters. The SMILES string of the molecule is O=C(CC1CSCCN1)N1CCC(c2ccccc2)CC1. The van der Waals surface area contributed by atoms with Crippen molar-refractivity contribution in [1.82, 2.24) is 10.2 Å². The van der Waals surface area contributed by atoms with Crippen LogP contribution < -0.4 is 5.32 Å². The highest BCUT2D eigenvalue weighted by Gasteiger charge is 2.25. The number of carbonyl (C=O) groups excluding carboxylic acids is 1. The third-order valence-corrected chi connectivity index (χ3v) is 5.67. The molecule has 1 N–H and O–H groups in total. The number of likely N-dealkylation sites (tertiary alicyclic amines) is 1. The number of hydrogen-bond donors (Lipinski definition) is 1. The van der Waals surface area contributed by atoms with Crippen LogP contribution in [-0.2, 0) is 4.79 Å². The summed E-state index contributed by atoms with van der Waals surface area (Å²) in [5, 5.41) is 3.46. The number of amides is 1. The van der Waals surface area contributed by atoms with E-state index in [1.165, 1.54) is 11.3 Å². The molecule has 0 saturated carbocycles. The predicted octanol–water partition coefficient (Wildman–Crippen LogP) is 2.49. The maximum atomic E-state index is 12.4. The lowest BCUT2D eigenvalue weighted by molar-refractivity contribution is -0.132. The van der Waals surface area contributed by atoms with Gasteiger partial charge in [-0.25, -0.2) is 0 Å². The van der Waals surface area contributed by atoms with Crippen LogP contribution in [-0.4, -0.2) is 48.0 Å². The van der Waals surface area contributed by atoms with Crippen LogP contribution in [0.3, 0.4) is 0 Å². The van der Waals surface area contributed by atoms with Gasteiger partial charge in [0, 0.05) is 43.6 Å². The molecule has 21 heavy (non-hydrogen) atoms. The summed E-state index contributed by atoms with van der Waals surface area (Å²) in [6.07, 6.45) is 2.87. The van der Waals surface area contributed by atoms with Crippen LogP contribution in [0, 0.1) is 0 Å². The third kappa shape index (κ3) is 4.01. The quantitative estimate of drug-likeness (QED) is 0.931. The molecule has 2 aliphatic rings. The van der Waals surface area contributed by atoms with Gasteiger partial charge in [0.2, 0.25) is 5.91 Å². The van der Waals surface area contributed by atoms with E-state index in [9.17, 15) is 4.79 Å². The number of rotatable bonds is 3. The standard InChI is InChI=1S/C17H24N2OS/c20-17(12-16-13-21-11-8-18-16)19-9-6-15(7-10-19)14-4-2-1-3-5-14/h1-5,15-16,18H,6-13H2. The summed E-state index contributed by atoms with van der Waals surface area (Å²) in [4.78, 5) is 14.5. The highest BCUT2D eigenvalue weighted by molar-refractivity contribution is 7.99. The largest absolute Gasteiger partial charge is 0.343 e. The summed E-state index contributed by atoms with van der Waals surface area (Å²) in [6, 6.07) is 11.1. The first-order valence-corrected chi connectivity index (χ1v) is 9.12. The van der Waals surface area contributed by atoms with Gasteiger partial charge in [-0.05, 0) is 24.3 Å². The van der Waals surface area contributed by atoms with Crippen molar-refractivity contribution < 1.29 is 4.79 Å². The average Bonchev–Trinajstić information content (AvgIpc) is 2.57. The summed E-state index contributed by atoms with van der Waals surface area (Å²) in [7, 11) is 0. The molecule has 2 fully saturated rings. The number of benzene rings is 1.